The molecule has 3 heteroatoms. The van der Waals surface area contributed by atoms with Gasteiger partial charge in [0.1, 0.15) is 13.2 Å². The quantitative estimate of drug-likeness (QED) is 0.757. The van der Waals surface area contributed by atoms with Crippen molar-refractivity contribution in [2.45, 2.75) is 31.7 Å². The molecule has 0 unspecified atom stereocenters. The van der Waals surface area contributed by atoms with Gasteiger partial charge in [-0.15, -0.1) is 0 Å². The van der Waals surface area contributed by atoms with Crippen LogP contribution in [-0.2, 0) is 0 Å². The summed E-state index contributed by atoms with van der Waals surface area (Å²) in [5, 5.41) is 2.33. The molecule has 0 radical (unpaired) electrons. The van der Waals surface area contributed by atoms with E-state index in [2.05, 4.69) is 5.32 Å². The van der Waals surface area contributed by atoms with Crippen molar-refractivity contribution in [3.8, 4) is 5.75 Å². The molecule has 0 bridgehead atoms. The van der Waals surface area contributed by atoms with Gasteiger partial charge >= 0.3 is 0 Å². The van der Waals surface area contributed by atoms with Crippen LogP contribution in [0, 0.1) is 5.82 Å². The van der Waals surface area contributed by atoms with E-state index in [1.54, 1.807) is 18.2 Å². The maximum absolute atomic E-state index is 13.2. The average molecular weight is 224 g/mol. The molecule has 0 atom stereocenters. The average Bonchev–Trinajstić information content (AvgIpc) is 2.79. The van der Waals surface area contributed by atoms with Gasteiger partial charge in [0.25, 0.3) is 0 Å². The molecule has 0 spiro atoms. The molecular weight excluding hydrogens is 205 g/mol. The van der Waals surface area contributed by atoms with Gasteiger partial charge in [0.15, 0.2) is 11.6 Å². The van der Waals surface area contributed by atoms with Gasteiger partial charge in [0.2, 0.25) is 0 Å². The lowest BCUT2D eigenvalue weighted by Crippen LogP contribution is -2.90. The number of nitrogens with two attached hydrogens (primary N) is 1. The molecule has 2 rings (SSSR count). The summed E-state index contributed by atoms with van der Waals surface area (Å²) in [6, 6.07) is 7.33. The summed E-state index contributed by atoms with van der Waals surface area (Å²) in [5.74, 6) is 0.0886. The van der Waals surface area contributed by atoms with Crippen molar-refractivity contribution in [2.75, 3.05) is 13.2 Å². The first kappa shape index (κ1) is 11.4. The van der Waals surface area contributed by atoms with E-state index < -0.39 is 0 Å². The van der Waals surface area contributed by atoms with Crippen LogP contribution in [0.25, 0.3) is 0 Å². The molecule has 1 aliphatic carbocycles. The Hall–Kier alpha value is -1.09. The molecule has 2 N–H and O–H groups in total. The van der Waals surface area contributed by atoms with E-state index >= 15 is 0 Å². The lowest BCUT2D eigenvalue weighted by atomic mass is 10.2. The van der Waals surface area contributed by atoms with E-state index in [1.165, 1.54) is 31.7 Å². The van der Waals surface area contributed by atoms with Crippen molar-refractivity contribution in [3.63, 3.8) is 0 Å². The van der Waals surface area contributed by atoms with E-state index in [-0.39, 0.29) is 5.82 Å². The third-order valence-electron chi connectivity index (χ3n) is 3.11. The molecule has 2 nitrogen and oxygen atoms in total. The van der Waals surface area contributed by atoms with Crippen LogP contribution in [0.3, 0.4) is 0 Å². The van der Waals surface area contributed by atoms with E-state index in [0.29, 0.717) is 12.4 Å². The largest absolute Gasteiger partial charge is 0.485 e. The predicted molar refractivity (Wildman–Crippen MR) is 60.9 cm³/mol. The second-order valence-corrected chi connectivity index (χ2v) is 4.35. The Bertz CT molecular complexity index is 323. The van der Waals surface area contributed by atoms with Crippen LogP contribution in [-0.4, -0.2) is 19.2 Å². The second-order valence-electron chi connectivity index (χ2n) is 4.35. The third kappa shape index (κ3) is 3.20. The highest BCUT2D eigenvalue weighted by Crippen LogP contribution is 2.15. The van der Waals surface area contributed by atoms with Crippen molar-refractivity contribution in [2.24, 2.45) is 0 Å². The summed E-state index contributed by atoms with van der Waals surface area (Å²) >= 11 is 0. The van der Waals surface area contributed by atoms with Crippen molar-refractivity contribution in [3.05, 3.63) is 30.1 Å². The number of para-hydroxylation sites is 1. The first-order valence-corrected chi connectivity index (χ1v) is 6.07. The standard InChI is InChI=1S/C13H18FNO/c14-12-7-3-4-8-13(12)16-10-9-15-11-5-1-2-6-11/h3-4,7-8,11,15H,1-2,5-6,9-10H2/p+1. The van der Waals surface area contributed by atoms with Gasteiger partial charge in [-0.3, -0.25) is 0 Å². The maximum atomic E-state index is 13.2. The fourth-order valence-electron chi connectivity index (χ4n) is 2.23. The van der Waals surface area contributed by atoms with Gasteiger partial charge in [-0.05, 0) is 37.8 Å². The number of halogens is 1. The predicted octanol–water partition coefficient (Wildman–Crippen LogP) is 1.71. The highest BCUT2D eigenvalue weighted by Gasteiger charge is 2.16. The van der Waals surface area contributed by atoms with Crippen LogP contribution in [0.1, 0.15) is 25.7 Å². The SMILES string of the molecule is Fc1ccccc1OCC[NH2+]C1CCCC1. The number of rotatable bonds is 5. The molecule has 1 aliphatic rings. The van der Waals surface area contributed by atoms with Crippen molar-refractivity contribution in [1.29, 1.82) is 0 Å². The minimum Gasteiger partial charge on any atom is -0.485 e. The Morgan fingerprint density at radius 3 is 2.75 bits per heavy atom. The van der Waals surface area contributed by atoms with Crippen molar-refractivity contribution in [1.82, 2.24) is 0 Å². The third-order valence-corrected chi connectivity index (χ3v) is 3.11. The molecule has 1 aromatic rings. The molecule has 1 fully saturated rings. The Morgan fingerprint density at radius 2 is 2.00 bits per heavy atom. The monoisotopic (exact) mass is 224 g/mol. The molecule has 0 saturated heterocycles. The van der Waals surface area contributed by atoms with Gasteiger partial charge < -0.3 is 10.1 Å². The van der Waals surface area contributed by atoms with E-state index in [9.17, 15) is 4.39 Å². The van der Waals surface area contributed by atoms with Crippen LogP contribution in [0.4, 0.5) is 4.39 Å². The fraction of sp³-hybridized carbons (Fsp3) is 0.538. The Morgan fingerprint density at radius 1 is 1.25 bits per heavy atom. The number of ether oxygens (including phenoxy) is 1. The van der Waals surface area contributed by atoms with Gasteiger partial charge in [-0.2, -0.15) is 0 Å². The second kappa shape index (κ2) is 5.85. The number of hydrogen-bond donors (Lipinski definition) is 1. The van der Waals surface area contributed by atoms with Crippen molar-refractivity contribution < 1.29 is 14.4 Å². The summed E-state index contributed by atoms with van der Waals surface area (Å²) in [4.78, 5) is 0. The molecular formula is C13H19FNO+. The summed E-state index contributed by atoms with van der Waals surface area (Å²) in [6.45, 7) is 1.50. The van der Waals surface area contributed by atoms with Crippen LogP contribution in [0.5, 0.6) is 5.75 Å². The smallest absolute Gasteiger partial charge is 0.165 e. The van der Waals surface area contributed by atoms with E-state index in [4.69, 9.17) is 4.74 Å². The normalized spacial score (nSPS) is 16.6. The highest BCUT2D eigenvalue weighted by atomic mass is 19.1. The van der Waals surface area contributed by atoms with Crippen LogP contribution >= 0.6 is 0 Å². The molecule has 1 saturated carbocycles. The molecule has 1 aromatic carbocycles. The van der Waals surface area contributed by atoms with Gasteiger partial charge in [0, 0.05) is 0 Å². The number of quaternary nitrogens is 1. The summed E-state index contributed by atoms with van der Waals surface area (Å²) in [6.07, 6.45) is 5.35. The van der Waals surface area contributed by atoms with E-state index in [1.807, 2.05) is 0 Å². The Balaban J connectivity index is 1.66. The first-order valence-electron chi connectivity index (χ1n) is 6.07. The zero-order valence-electron chi connectivity index (χ0n) is 9.49. The minimum atomic E-state index is -0.275. The minimum absolute atomic E-state index is 0.275. The molecule has 0 amide bonds. The molecule has 0 aliphatic heterocycles. The highest BCUT2D eigenvalue weighted by molar-refractivity contribution is 5.23. The Kier molecular flexibility index (Phi) is 4.17. The topological polar surface area (TPSA) is 25.8 Å². The zero-order chi connectivity index (χ0) is 11.2. The van der Waals surface area contributed by atoms with Crippen LogP contribution in [0.2, 0.25) is 0 Å². The molecule has 16 heavy (non-hydrogen) atoms. The lowest BCUT2D eigenvalue weighted by molar-refractivity contribution is -0.688. The van der Waals surface area contributed by atoms with Crippen molar-refractivity contribution >= 4 is 0 Å². The Labute approximate surface area is 95.8 Å². The van der Waals surface area contributed by atoms with Gasteiger partial charge in [-0.25, -0.2) is 4.39 Å². The number of benzene rings is 1. The molecule has 88 valence electrons. The molecule has 0 aromatic heterocycles. The van der Waals surface area contributed by atoms with Crippen LogP contribution in [0.15, 0.2) is 24.3 Å². The number of hydrogen-bond acceptors (Lipinski definition) is 1. The zero-order valence-corrected chi connectivity index (χ0v) is 9.49. The molecule has 0 heterocycles. The first-order chi connectivity index (χ1) is 7.86. The van der Waals surface area contributed by atoms with Gasteiger partial charge in [0.05, 0.1) is 6.04 Å². The van der Waals surface area contributed by atoms with Crippen LogP contribution < -0.4 is 10.1 Å². The summed E-state index contributed by atoms with van der Waals surface area (Å²) in [5.41, 5.74) is 0. The summed E-state index contributed by atoms with van der Waals surface area (Å²) in [7, 11) is 0. The maximum Gasteiger partial charge on any atom is 0.165 e. The summed E-state index contributed by atoms with van der Waals surface area (Å²) < 4.78 is 18.6. The lowest BCUT2D eigenvalue weighted by Gasteiger charge is -2.09. The van der Waals surface area contributed by atoms with Gasteiger partial charge in [-0.1, -0.05) is 12.1 Å². The van der Waals surface area contributed by atoms with E-state index in [0.717, 1.165) is 12.6 Å². The fourth-order valence-corrected chi connectivity index (χ4v) is 2.23.